The number of amides is 1. The topological polar surface area (TPSA) is 72.9 Å². The predicted octanol–water partition coefficient (Wildman–Crippen LogP) is 5.46. The largest absolute Gasteiger partial charge is 0.397 e. The van der Waals surface area contributed by atoms with Crippen LogP contribution in [0, 0.1) is 0 Å². The van der Waals surface area contributed by atoms with Crippen molar-refractivity contribution in [3.8, 4) is 0 Å². The fourth-order valence-corrected chi connectivity index (χ4v) is 3.13. The molecule has 0 saturated carbocycles. The summed E-state index contributed by atoms with van der Waals surface area (Å²) in [5, 5.41) is 6.91. The minimum Gasteiger partial charge on any atom is -0.397 e. The molecule has 5 nitrogen and oxygen atoms in total. The lowest BCUT2D eigenvalue weighted by Crippen LogP contribution is -2.18. The number of anilines is 2. The number of hydrogen-bond acceptors (Lipinski definition) is 3. The van der Waals surface area contributed by atoms with Gasteiger partial charge in [0.25, 0.3) is 5.91 Å². The van der Waals surface area contributed by atoms with E-state index in [4.69, 9.17) is 5.73 Å². The molecule has 162 valence electrons. The number of nitrogen functional groups attached to an aromatic ring is 1. The smallest absolute Gasteiger partial charge is 0.395 e. The molecule has 1 heterocycles. The molecule has 0 aliphatic rings. The van der Waals surface area contributed by atoms with Crippen molar-refractivity contribution < 1.29 is 18.0 Å². The maximum atomic E-state index is 13.2. The Kier molecular flexibility index (Phi) is 6.48. The van der Waals surface area contributed by atoms with Gasteiger partial charge in [0.15, 0.2) is 0 Å². The van der Waals surface area contributed by atoms with E-state index < -0.39 is 12.1 Å². The molecule has 1 aromatic heterocycles. The van der Waals surface area contributed by atoms with Gasteiger partial charge < -0.3 is 11.1 Å². The van der Waals surface area contributed by atoms with E-state index in [1.165, 1.54) is 10.9 Å². The van der Waals surface area contributed by atoms with Crippen LogP contribution in [0.2, 0.25) is 0 Å². The minimum absolute atomic E-state index is 0.127. The van der Waals surface area contributed by atoms with Crippen LogP contribution in [0.1, 0.15) is 46.9 Å². The van der Waals surface area contributed by atoms with E-state index in [1.54, 1.807) is 67.6 Å². The predicted molar refractivity (Wildman–Crippen MR) is 116 cm³/mol. The molecule has 0 fully saturated rings. The molecule has 0 radical (unpaired) electrons. The van der Waals surface area contributed by atoms with Crippen LogP contribution in [0.3, 0.4) is 0 Å². The number of benzene rings is 2. The van der Waals surface area contributed by atoms with Crippen LogP contribution in [0.15, 0.2) is 60.8 Å². The Labute approximate surface area is 178 Å². The van der Waals surface area contributed by atoms with E-state index in [1.807, 2.05) is 0 Å². The molecule has 31 heavy (non-hydrogen) atoms. The number of carbonyl (C=O) groups excluding carboxylic acids is 1. The van der Waals surface area contributed by atoms with E-state index in [9.17, 15) is 18.0 Å². The summed E-state index contributed by atoms with van der Waals surface area (Å²) < 4.78 is 41.1. The highest BCUT2D eigenvalue weighted by Gasteiger charge is 2.39. The molecule has 1 atom stereocenters. The van der Waals surface area contributed by atoms with Crippen molar-refractivity contribution in [2.75, 3.05) is 11.1 Å². The lowest BCUT2D eigenvalue weighted by Gasteiger charge is -2.16. The van der Waals surface area contributed by atoms with Gasteiger partial charge in [0.2, 0.25) is 0 Å². The van der Waals surface area contributed by atoms with Crippen LogP contribution in [0.4, 0.5) is 24.5 Å². The zero-order valence-corrected chi connectivity index (χ0v) is 17.1. The van der Waals surface area contributed by atoms with Gasteiger partial charge in [-0.2, -0.15) is 18.3 Å². The first kappa shape index (κ1) is 22.1. The average molecular weight is 428 g/mol. The van der Waals surface area contributed by atoms with Gasteiger partial charge >= 0.3 is 6.18 Å². The van der Waals surface area contributed by atoms with E-state index in [2.05, 4.69) is 10.4 Å². The van der Waals surface area contributed by atoms with Crippen LogP contribution >= 0.6 is 0 Å². The fraction of sp³-hybridized carbons (Fsp3) is 0.217. The summed E-state index contributed by atoms with van der Waals surface area (Å²) in [5.74, 6) is -1.93. The number of halogens is 3. The van der Waals surface area contributed by atoms with Gasteiger partial charge in [0.05, 0.1) is 35.7 Å². The van der Waals surface area contributed by atoms with Crippen LogP contribution in [-0.4, -0.2) is 21.9 Å². The van der Waals surface area contributed by atoms with Crippen LogP contribution in [0.5, 0.6) is 0 Å². The van der Waals surface area contributed by atoms with Crippen molar-refractivity contribution in [2.45, 2.75) is 32.5 Å². The molecular weight excluding hydrogens is 405 g/mol. The third-order valence-electron chi connectivity index (χ3n) is 4.95. The zero-order valence-electron chi connectivity index (χ0n) is 17.1. The summed E-state index contributed by atoms with van der Waals surface area (Å²) in [6.45, 7) is 3.14. The highest BCUT2D eigenvalue weighted by Crippen LogP contribution is 2.36. The van der Waals surface area contributed by atoms with Gasteiger partial charge in [0.1, 0.15) is 0 Å². The number of carbonyl (C=O) groups is 1. The number of aromatic nitrogens is 2. The number of alkyl halides is 3. The zero-order chi connectivity index (χ0) is 22.6. The fourth-order valence-electron chi connectivity index (χ4n) is 3.13. The maximum absolute atomic E-state index is 13.2. The second kappa shape index (κ2) is 9.07. The number of nitrogens with one attached hydrogen (secondary N) is 1. The normalized spacial score (nSPS) is 12.8. The molecule has 0 aliphatic heterocycles. The first-order valence-corrected chi connectivity index (χ1v) is 9.70. The van der Waals surface area contributed by atoms with Crippen LogP contribution in [0.25, 0.3) is 6.08 Å². The third-order valence-corrected chi connectivity index (χ3v) is 4.95. The van der Waals surface area contributed by atoms with Gasteiger partial charge in [0, 0.05) is 11.1 Å². The molecule has 3 aromatic rings. The lowest BCUT2D eigenvalue weighted by atomic mass is 10.0. The van der Waals surface area contributed by atoms with Crippen molar-refractivity contribution in [1.82, 2.24) is 9.78 Å². The minimum atomic E-state index is -4.35. The summed E-state index contributed by atoms with van der Waals surface area (Å²) in [6, 6.07) is 13.8. The number of nitrogens with zero attached hydrogens (tertiary/aromatic N) is 2. The molecule has 2 aromatic carbocycles. The molecule has 0 bridgehead atoms. The van der Waals surface area contributed by atoms with E-state index >= 15 is 0 Å². The molecule has 0 spiro atoms. The molecular formula is C23H23F3N4O. The summed E-state index contributed by atoms with van der Waals surface area (Å²) in [7, 11) is 0. The van der Waals surface area contributed by atoms with Gasteiger partial charge in [-0.1, -0.05) is 30.3 Å². The van der Waals surface area contributed by atoms with Crippen molar-refractivity contribution in [1.29, 1.82) is 0 Å². The van der Waals surface area contributed by atoms with Gasteiger partial charge in [-0.25, -0.2) is 0 Å². The van der Waals surface area contributed by atoms with E-state index in [0.29, 0.717) is 22.6 Å². The maximum Gasteiger partial charge on any atom is 0.395 e. The molecule has 3 N–H and O–H groups in total. The molecule has 0 saturated heterocycles. The number of para-hydroxylation sites is 2. The third kappa shape index (κ3) is 5.14. The second-order valence-corrected chi connectivity index (χ2v) is 7.14. The van der Waals surface area contributed by atoms with Gasteiger partial charge in [-0.05, 0) is 49.8 Å². The molecule has 1 amide bonds. The highest BCUT2D eigenvalue weighted by molar-refractivity contribution is 6.05. The average Bonchev–Trinajstić information content (AvgIpc) is 3.11. The van der Waals surface area contributed by atoms with Gasteiger partial charge in [-0.15, -0.1) is 0 Å². The lowest BCUT2D eigenvalue weighted by molar-refractivity contribution is -0.146. The summed E-state index contributed by atoms with van der Waals surface area (Å²) in [4.78, 5) is 12.4. The molecule has 3 rings (SSSR count). The Morgan fingerprint density at radius 3 is 2.48 bits per heavy atom. The monoisotopic (exact) mass is 428 g/mol. The Bertz CT molecular complexity index is 1080. The quantitative estimate of drug-likeness (QED) is 0.512. The number of rotatable bonds is 6. The second-order valence-electron chi connectivity index (χ2n) is 7.14. The van der Waals surface area contributed by atoms with Crippen LogP contribution < -0.4 is 11.1 Å². The molecule has 1 unspecified atom stereocenters. The Hall–Kier alpha value is -3.55. The standard InChI is InChI=1S/C23H23F3N4O/c1-3-6-21-18(15(2)23(24,25)26)13-28-30(21)14-16-9-11-17(12-10-16)22(31)29-20-8-5-4-7-19(20)27/h3-13,15H,14,27H2,1-2H3,(H,29,31)/b6-3-. The first-order chi connectivity index (χ1) is 14.7. The Balaban J connectivity index is 1.78. The van der Waals surface area contributed by atoms with Crippen molar-refractivity contribution in [3.05, 3.63) is 83.2 Å². The van der Waals surface area contributed by atoms with Crippen LogP contribution in [-0.2, 0) is 6.54 Å². The highest BCUT2D eigenvalue weighted by atomic mass is 19.4. The van der Waals surface area contributed by atoms with E-state index in [-0.39, 0.29) is 18.0 Å². The Morgan fingerprint density at radius 1 is 1.19 bits per heavy atom. The number of allylic oxidation sites excluding steroid dienone is 1. The van der Waals surface area contributed by atoms with Crippen molar-refractivity contribution in [2.24, 2.45) is 0 Å². The van der Waals surface area contributed by atoms with Crippen molar-refractivity contribution >= 4 is 23.4 Å². The molecule has 0 aliphatic carbocycles. The number of hydrogen-bond donors (Lipinski definition) is 2. The van der Waals surface area contributed by atoms with Gasteiger partial charge in [-0.3, -0.25) is 9.48 Å². The summed E-state index contributed by atoms with van der Waals surface area (Å²) in [5.41, 5.74) is 8.61. The summed E-state index contributed by atoms with van der Waals surface area (Å²) in [6.07, 6.45) is 0.223. The summed E-state index contributed by atoms with van der Waals surface area (Å²) >= 11 is 0. The SMILES string of the molecule is C/C=C\c1c(C(C)C(F)(F)F)cnn1Cc1ccc(C(=O)Nc2ccccc2N)cc1. The molecule has 8 heteroatoms. The Morgan fingerprint density at radius 2 is 1.87 bits per heavy atom. The first-order valence-electron chi connectivity index (χ1n) is 9.70. The van der Waals surface area contributed by atoms with Crippen molar-refractivity contribution in [3.63, 3.8) is 0 Å². The number of nitrogens with two attached hydrogens (primary N) is 1. The van der Waals surface area contributed by atoms with E-state index in [0.717, 1.165) is 12.5 Å².